The number of pyridine rings is 1. The molecule has 0 bridgehead atoms. The highest BCUT2D eigenvalue weighted by Crippen LogP contribution is 2.39. The lowest BCUT2D eigenvalue weighted by Gasteiger charge is -2.27. The van der Waals surface area contributed by atoms with Gasteiger partial charge >= 0.3 is 0 Å². The second-order valence-corrected chi connectivity index (χ2v) is 9.67. The van der Waals surface area contributed by atoms with E-state index < -0.39 is 5.82 Å². The molecule has 2 N–H and O–H groups in total. The van der Waals surface area contributed by atoms with Gasteiger partial charge in [0.05, 0.1) is 23.5 Å². The fraction of sp³-hybridized carbons (Fsp3) is 0.370. The van der Waals surface area contributed by atoms with Crippen LogP contribution < -0.4 is 10.6 Å². The Kier molecular flexibility index (Phi) is 7.08. The molecular formula is C27H30FN5OS. The van der Waals surface area contributed by atoms with E-state index in [1.165, 1.54) is 38.2 Å². The average molecular weight is 492 g/mol. The number of rotatable bonds is 7. The zero-order valence-corrected chi connectivity index (χ0v) is 20.4. The first-order chi connectivity index (χ1) is 17.1. The molecule has 2 fully saturated rings. The number of benzene rings is 1. The van der Waals surface area contributed by atoms with Crippen molar-refractivity contribution in [1.29, 1.82) is 0 Å². The Morgan fingerprint density at radius 3 is 2.69 bits per heavy atom. The molecule has 1 amide bonds. The molecule has 1 aromatic carbocycles. The summed E-state index contributed by atoms with van der Waals surface area (Å²) >= 11 is 5.72. The van der Waals surface area contributed by atoms with Crippen LogP contribution in [-0.2, 0) is 4.79 Å². The molecular weight excluding hydrogens is 461 g/mol. The Labute approximate surface area is 210 Å². The van der Waals surface area contributed by atoms with Gasteiger partial charge < -0.3 is 20.1 Å². The predicted molar refractivity (Wildman–Crippen MR) is 138 cm³/mol. The molecule has 3 heterocycles. The van der Waals surface area contributed by atoms with Crippen LogP contribution in [0.5, 0.6) is 0 Å². The first kappa shape index (κ1) is 23.5. The minimum absolute atomic E-state index is 0.0940. The van der Waals surface area contributed by atoms with Gasteiger partial charge in [0.2, 0.25) is 5.91 Å². The second-order valence-electron chi connectivity index (χ2n) is 9.28. The molecule has 3 aromatic rings. The van der Waals surface area contributed by atoms with Gasteiger partial charge in [-0.2, -0.15) is 0 Å². The van der Waals surface area contributed by atoms with Gasteiger partial charge in [-0.05, 0) is 61.0 Å². The van der Waals surface area contributed by atoms with Crippen molar-refractivity contribution in [3.63, 3.8) is 0 Å². The zero-order valence-electron chi connectivity index (χ0n) is 19.6. The van der Waals surface area contributed by atoms with Crippen LogP contribution in [0, 0.1) is 5.82 Å². The van der Waals surface area contributed by atoms with Crippen molar-refractivity contribution in [2.24, 2.45) is 0 Å². The number of amides is 1. The van der Waals surface area contributed by atoms with Crippen molar-refractivity contribution in [1.82, 2.24) is 19.8 Å². The summed E-state index contributed by atoms with van der Waals surface area (Å²) in [6.07, 6.45) is 12.7. The van der Waals surface area contributed by atoms with Crippen LogP contribution in [0.2, 0.25) is 0 Å². The normalized spacial score (nSPS) is 20.6. The molecule has 1 aliphatic carbocycles. The van der Waals surface area contributed by atoms with Crippen molar-refractivity contribution in [2.45, 2.75) is 56.7 Å². The molecule has 1 saturated heterocycles. The van der Waals surface area contributed by atoms with E-state index in [2.05, 4.69) is 43.5 Å². The van der Waals surface area contributed by atoms with Crippen molar-refractivity contribution < 1.29 is 9.18 Å². The highest BCUT2D eigenvalue weighted by Gasteiger charge is 2.40. The molecule has 0 unspecified atom stereocenters. The fourth-order valence-corrected chi connectivity index (χ4v) is 5.55. The maximum atomic E-state index is 14.0. The van der Waals surface area contributed by atoms with E-state index in [1.807, 2.05) is 18.2 Å². The monoisotopic (exact) mass is 491 g/mol. The van der Waals surface area contributed by atoms with Crippen molar-refractivity contribution in [2.75, 3.05) is 11.9 Å². The number of aromatic nitrogens is 2. The molecule has 35 heavy (non-hydrogen) atoms. The molecule has 2 aliphatic rings. The van der Waals surface area contributed by atoms with Crippen LogP contribution in [0.25, 0.3) is 0 Å². The van der Waals surface area contributed by atoms with Crippen LogP contribution in [0.1, 0.15) is 67.9 Å². The van der Waals surface area contributed by atoms with Crippen molar-refractivity contribution in [3.8, 4) is 0 Å². The van der Waals surface area contributed by atoms with Crippen LogP contribution in [-0.4, -0.2) is 32.0 Å². The number of hydrogen-bond donors (Lipinski definition) is 2. The summed E-state index contributed by atoms with van der Waals surface area (Å²) in [7, 11) is 0. The minimum atomic E-state index is -0.448. The summed E-state index contributed by atoms with van der Waals surface area (Å²) in [5, 5.41) is 6.70. The lowest BCUT2D eigenvalue weighted by atomic mass is 9.95. The fourth-order valence-electron chi connectivity index (χ4n) is 5.22. The molecule has 0 spiro atoms. The van der Waals surface area contributed by atoms with Gasteiger partial charge in [0.15, 0.2) is 5.11 Å². The topological polar surface area (TPSA) is 62.2 Å². The number of anilines is 1. The minimum Gasteiger partial charge on any atom is -0.352 e. The van der Waals surface area contributed by atoms with Gasteiger partial charge in [-0.3, -0.25) is 9.78 Å². The van der Waals surface area contributed by atoms with Gasteiger partial charge in [-0.25, -0.2) is 4.39 Å². The molecule has 2 atom stereocenters. The third kappa shape index (κ3) is 5.22. The number of hydrogen-bond acceptors (Lipinski definition) is 3. The smallest absolute Gasteiger partial charge is 0.226 e. The first-order valence-corrected chi connectivity index (χ1v) is 12.7. The predicted octanol–water partition coefficient (Wildman–Crippen LogP) is 5.53. The summed E-state index contributed by atoms with van der Waals surface area (Å²) in [5.74, 6) is -0.700. The number of carbonyl (C=O) groups is 1. The molecule has 6 nitrogen and oxygen atoms in total. The summed E-state index contributed by atoms with van der Waals surface area (Å²) in [5.41, 5.74) is 2.24. The van der Waals surface area contributed by atoms with E-state index in [0.29, 0.717) is 17.7 Å². The molecule has 2 aromatic heterocycles. The number of halogens is 1. The van der Waals surface area contributed by atoms with E-state index >= 15 is 0 Å². The maximum absolute atomic E-state index is 14.0. The average Bonchev–Trinajstić information content (AvgIpc) is 3.50. The standard InChI is InChI=1S/C27H30FN5OS/c28-21-10-4-5-11-22(21)30-24(34)14-17-33-26(25(31-27(33)35)23-12-6-7-15-29-23)19-13-16-32(18-19)20-8-2-1-3-9-20/h4-7,10-13,15-16,18,20,25-26H,1-3,8-9,14,17H2,(H,30,34)(H,31,35)/t25-,26-/m0/s1. The highest BCUT2D eigenvalue weighted by atomic mass is 32.1. The van der Waals surface area contributed by atoms with Crippen molar-refractivity contribution >= 4 is 28.9 Å². The van der Waals surface area contributed by atoms with E-state index in [0.717, 1.165) is 11.3 Å². The molecule has 1 aliphatic heterocycles. The van der Waals surface area contributed by atoms with E-state index in [1.54, 1.807) is 24.4 Å². The quantitative estimate of drug-likeness (QED) is 0.426. The summed E-state index contributed by atoms with van der Waals surface area (Å²) < 4.78 is 16.3. The molecule has 1 saturated carbocycles. The van der Waals surface area contributed by atoms with Gasteiger partial charge in [-0.15, -0.1) is 0 Å². The third-order valence-electron chi connectivity index (χ3n) is 7.00. The molecule has 0 radical (unpaired) electrons. The highest BCUT2D eigenvalue weighted by molar-refractivity contribution is 7.80. The number of nitrogens with zero attached hydrogens (tertiary/aromatic N) is 3. The van der Waals surface area contributed by atoms with E-state index in [4.69, 9.17) is 12.2 Å². The molecule has 8 heteroatoms. The zero-order chi connectivity index (χ0) is 24.2. The Balaban J connectivity index is 1.36. The van der Waals surface area contributed by atoms with Gasteiger partial charge in [0, 0.05) is 37.6 Å². The molecule has 182 valence electrons. The Hall–Kier alpha value is -3.26. The summed E-state index contributed by atoms with van der Waals surface area (Å²) in [6.45, 7) is 0.411. The second kappa shape index (κ2) is 10.6. The van der Waals surface area contributed by atoms with Crippen LogP contribution in [0.3, 0.4) is 0 Å². The number of thiocarbonyl (C=S) groups is 1. The Morgan fingerprint density at radius 2 is 1.91 bits per heavy atom. The number of para-hydroxylation sites is 1. The third-order valence-corrected chi connectivity index (χ3v) is 7.35. The number of carbonyl (C=O) groups excluding carboxylic acids is 1. The maximum Gasteiger partial charge on any atom is 0.226 e. The van der Waals surface area contributed by atoms with Gasteiger partial charge in [0.1, 0.15) is 5.82 Å². The Morgan fingerprint density at radius 1 is 1.11 bits per heavy atom. The summed E-state index contributed by atoms with van der Waals surface area (Å²) in [4.78, 5) is 19.3. The lowest BCUT2D eigenvalue weighted by Crippen LogP contribution is -2.32. The Bertz CT molecular complexity index is 1180. The SMILES string of the molecule is O=C(CCN1C(=S)N[C@@H](c2ccccn2)[C@@H]1c1ccn(C2CCCCC2)c1)Nc1ccccc1F. The lowest BCUT2D eigenvalue weighted by molar-refractivity contribution is -0.116. The van der Waals surface area contributed by atoms with E-state index in [9.17, 15) is 9.18 Å². The first-order valence-electron chi connectivity index (χ1n) is 12.3. The van der Waals surface area contributed by atoms with Crippen LogP contribution in [0.4, 0.5) is 10.1 Å². The summed E-state index contributed by atoms with van der Waals surface area (Å²) in [6, 6.07) is 14.5. The molecule has 5 rings (SSSR count). The van der Waals surface area contributed by atoms with Crippen LogP contribution in [0.15, 0.2) is 67.1 Å². The van der Waals surface area contributed by atoms with Gasteiger partial charge in [-0.1, -0.05) is 37.5 Å². The van der Waals surface area contributed by atoms with Gasteiger partial charge in [0.25, 0.3) is 0 Å². The largest absolute Gasteiger partial charge is 0.352 e. The van der Waals surface area contributed by atoms with E-state index in [-0.39, 0.29) is 30.1 Å². The van der Waals surface area contributed by atoms with Crippen LogP contribution >= 0.6 is 12.2 Å². The van der Waals surface area contributed by atoms with Crippen molar-refractivity contribution in [3.05, 3.63) is 84.2 Å². The number of nitrogens with one attached hydrogen (secondary N) is 2.